The fourth-order valence-corrected chi connectivity index (χ4v) is 5.38. The van der Waals surface area contributed by atoms with Gasteiger partial charge in [0, 0.05) is 66.4 Å². The van der Waals surface area contributed by atoms with Gasteiger partial charge in [0.1, 0.15) is 11.5 Å². The van der Waals surface area contributed by atoms with Crippen molar-refractivity contribution in [3.8, 4) is 11.5 Å². The van der Waals surface area contributed by atoms with Crippen molar-refractivity contribution in [3.05, 3.63) is 89.3 Å². The van der Waals surface area contributed by atoms with Gasteiger partial charge < -0.3 is 14.5 Å². The molecule has 1 spiro atoms. The second kappa shape index (κ2) is 8.26. The van der Waals surface area contributed by atoms with Crippen LogP contribution in [0.4, 0.5) is 11.4 Å². The van der Waals surface area contributed by atoms with Crippen LogP contribution in [0.5, 0.6) is 11.5 Å². The number of carbonyl (C=O) groups is 1. The van der Waals surface area contributed by atoms with Gasteiger partial charge in [-0.1, -0.05) is 36.4 Å². The summed E-state index contributed by atoms with van der Waals surface area (Å²) in [5.41, 5.74) is 5.12. The minimum Gasteiger partial charge on any atom is -0.457 e. The molecule has 0 aromatic heterocycles. The lowest BCUT2D eigenvalue weighted by atomic mass is 9.68. The molecule has 33 heavy (non-hydrogen) atoms. The highest BCUT2D eigenvalue weighted by atomic mass is 16.5. The number of benzene rings is 3. The number of carbonyl (C=O) groups excluding carboxylic acids is 1. The molecule has 4 heteroatoms. The highest BCUT2D eigenvalue weighted by Crippen LogP contribution is 2.57. The highest BCUT2D eigenvalue weighted by molar-refractivity contribution is 6.11. The monoisotopic (exact) mass is 438 g/mol. The molecule has 0 atom stereocenters. The molecule has 0 saturated heterocycles. The molecule has 0 N–H and O–H groups in total. The van der Waals surface area contributed by atoms with Crippen LogP contribution in [0.3, 0.4) is 0 Å². The Balaban J connectivity index is 1.76. The first-order chi connectivity index (χ1) is 16.1. The SMILES string of the molecule is CCN(CC)c1ccc2c(c1)Oc1cc(N(CC)CC)ccc1C21[C]C(=O)c2ccccc21. The zero-order valence-corrected chi connectivity index (χ0v) is 19.8. The van der Waals surface area contributed by atoms with Gasteiger partial charge in [-0.3, -0.25) is 4.79 Å². The third kappa shape index (κ3) is 3.15. The maximum atomic E-state index is 13.1. The van der Waals surface area contributed by atoms with Gasteiger partial charge in [-0.05, 0) is 45.4 Å². The van der Waals surface area contributed by atoms with Crippen LogP contribution >= 0.6 is 0 Å². The number of rotatable bonds is 6. The Bertz CT molecular complexity index is 1150. The summed E-state index contributed by atoms with van der Waals surface area (Å²) < 4.78 is 6.57. The van der Waals surface area contributed by atoms with Gasteiger partial charge in [-0.25, -0.2) is 0 Å². The van der Waals surface area contributed by atoms with Gasteiger partial charge in [0.25, 0.3) is 0 Å². The number of ketones is 1. The molecule has 168 valence electrons. The molecule has 5 rings (SSSR count). The van der Waals surface area contributed by atoms with E-state index in [2.05, 4.69) is 86.4 Å². The van der Waals surface area contributed by atoms with Gasteiger partial charge in [0.15, 0.2) is 5.78 Å². The second-order valence-electron chi connectivity index (χ2n) is 8.56. The van der Waals surface area contributed by atoms with Gasteiger partial charge in [-0.15, -0.1) is 0 Å². The van der Waals surface area contributed by atoms with E-state index in [-0.39, 0.29) is 5.78 Å². The number of ether oxygens (including phenoxy) is 1. The fraction of sp³-hybridized carbons (Fsp3) is 0.310. The van der Waals surface area contributed by atoms with Gasteiger partial charge in [0.2, 0.25) is 0 Å². The van der Waals surface area contributed by atoms with Crippen molar-refractivity contribution in [2.75, 3.05) is 36.0 Å². The van der Waals surface area contributed by atoms with Gasteiger partial charge >= 0.3 is 0 Å². The van der Waals surface area contributed by atoms with Crippen LogP contribution in [-0.4, -0.2) is 32.0 Å². The Hall–Kier alpha value is -3.27. The Morgan fingerprint density at radius 2 is 1.24 bits per heavy atom. The number of nitrogens with zero attached hydrogens (tertiary/aromatic N) is 2. The summed E-state index contributed by atoms with van der Waals surface area (Å²) >= 11 is 0. The molecule has 0 saturated carbocycles. The molecule has 0 bridgehead atoms. The van der Waals surface area contributed by atoms with Crippen LogP contribution < -0.4 is 14.5 Å². The Morgan fingerprint density at radius 1 is 0.727 bits per heavy atom. The normalized spacial score (nSPS) is 15.0. The first kappa shape index (κ1) is 21.6. The van der Waals surface area contributed by atoms with Crippen molar-refractivity contribution in [1.82, 2.24) is 0 Å². The standard InChI is InChI=1S/C29H30N2O2/c1-5-30(6-2)20-13-15-24-27(17-20)33-28-18-21(31(7-3)8-4)14-16-25(28)29(24)19-26(32)22-11-9-10-12-23(22)29/h9-18H,5-8H2,1-4H3. The second-order valence-corrected chi connectivity index (χ2v) is 8.56. The first-order valence-corrected chi connectivity index (χ1v) is 12.0. The van der Waals surface area contributed by atoms with Crippen LogP contribution in [0.2, 0.25) is 0 Å². The topological polar surface area (TPSA) is 32.8 Å². The minimum absolute atomic E-state index is 0.0509. The van der Waals surface area contributed by atoms with Crippen molar-refractivity contribution >= 4 is 17.2 Å². The summed E-state index contributed by atoms with van der Waals surface area (Å²) in [5.74, 6) is 1.53. The third-order valence-corrected chi connectivity index (χ3v) is 7.09. The molecule has 3 aromatic carbocycles. The lowest BCUT2D eigenvalue weighted by Gasteiger charge is -2.38. The molecule has 1 aliphatic heterocycles. The maximum Gasteiger partial charge on any atom is 0.173 e. The minimum atomic E-state index is -0.764. The average molecular weight is 439 g/mol. The number of Topliss-reactive ketones (excluding diaryl/α,β-unsaturated/α-hetero) is 1. The molecule has 0 fully saturated rings. The summed E-state index contributed by atoms with van der Waals surface area (Å²) in [6.07, 6.45) is 3.35. The summed E-state index contributed by atoms with van der Waals surface area (Å²) in [6, 6.07) is 20.6. The van der Waals surface area contributed by atoms with Crippen molar-refractivity contribution in [2.45, 2.75) is 33.1 Å². The van der Waals surface area contributed by atoms with E-state index in [9.17, 15) is 4.79 Å². The van der Waals surface area contributed by atoms with E-state index in [1.54, 1.807) is 0 Å². The van der Waals surface area contributed by atoms with Crippen LogP contribution in [0.15, 0.2) is 60.7 Å². The van der Waals surface area contributed by atoms with Crippen molar-refractivity contribution in [2.24, 2.45) is 0 Å². The van der Waals surface area contributed by atoms with E-state index < -0.39 is 5.41 Å². The number of fused-ring (bicyclic) bond motifs is 6. The summed E-state index contributed by atoms with van der Waals surface area (Å²) in [7, 11) is 0. The van der Waals surface area contributed by atoms with E-state index in [0.717, 1.165) is 71.3 Å². The lowest BCUT2D eigenvalue weighted by molar-refractivity contribution is 0.103. The predicted octanol–water partition coefficient (Wildman–Crippen LogP) is 6.10. The van der Waals surface area contributed by atoms with Crippen LogP contribution in [0, 0.1) is 6.42 Å². The van der Waals surface area contributed by atoms with E-state index in [0.29, 0.717) is 0 Å². The smallest absolute Gasteiger partial charge is 0.173 e. The molecule has 0 amide bonds. The van der Waals surface area contributed by atoms with Crippen LogP contribution in [0.25, 0.3) is 0 Å². The summed E-state index contributed by atoms with van der Waals surface area (Å²) in [4.78, 5) is 17.7. The molecule has 2 aliphatic rings. The Kier molecular flexibility index (Phi) is 5.40. The molecule has 1 aliphatic carbocycles. The molecule has 0 unspecified atom stereocenters. The molecule has 2 radical (unpaired) electrons. The average Bonchev–Trinajstić information content (AvgIpc) is 3.13. The highest BCUT2D eigenvalue weighted by Gasteiger charge is 2.51. The zero-order valence-electron chi connectivity index (χ0n) is 19.8. The van der Waals surface area contributed by atoms with Crippen molar-refractivity contribution in [1.29, 1.82) is 0 Å². The number of anilines is 2. The van der Waals surface area contributed by atoms with E-state index in [1.807, 2.05) is 18.2 Å². The molecule has 1 heterocycles. The number of hydrogen-bond donors (Lipinski definition) is 0. The predicted molar refractivity (Wildman–Crippen MR) is 134 cm³/mol. The molecular formula is C29H30N2O2. The first-order valence-electron chi connectivity index (χ1n) is 12.0. The van der Waals surface area contributed by atoms with Gasteiger partial charge in [0.05, 0.1) is 11.8 Å². The quantitative estimate of drug-likeness (QED) is 0.466. The molecular weight excluding hydrogens is 408 g/mol. The van der Waals surface area contributed by atoms with Gasteiger partial charge in [-0.2, -0.15) is 0 Å². The maximum absolute atomic E-state index is 13.1. The van der Waals surface area contributed by atoms with Crippen molar-refractivity contribution < 1.29 is 9.53 Å². The summed E-state index contributed by atoms with van der Waals surface area (Å²) in [5, 5.41) is 0. The molecule has 3 aromatic rings. The Labute approximate surface area is 196 Å². The number of hydrogen-bond acceptors (Lipinski definition) is 4. The van der Waals surface area contributed by atoms with Crippen molar-refractivity contribution in [3.63, 3.8) is 0 Å². The van der Waals surface area contributed by atoms with E-state index in [4.69, 9.17) is 4.74 Å². The van der Waals surface area contributed by atoms with Crippen LogP contribution in [-0.2, 0) is 5.41 Å². The van der Waals surface area contributed by atoms with Crippen LogP contribution in [0.1, 0.15) is 54.7 Å². The fourth-order valence-electron chi connectivity index (χ4n) is 5.38. The lowest BCUT2D eigenvalue weighted by Crippen LogP contribution is -2.32. The third-order valence-electron chi connectivity index (χ3n) is 7.09. The molecule has 4 nitrogen and oxygen atoms in total. The Morgan fingerprint density at radius 3 is 1.76 bits per heavy atom. The van der Waals surface area contributed by atoms with E-state index in [1.165, 1.54) is 0 Å². The summed E-state index contributed by atoms with van der Waals surface area (Å²) in [6.45, 7) is 12.3. The largest absolute Gasteiger partial charge is 0.457 e. The zero-order chi connectivity index (χ0) is 23.2. The van der Waals surface area contributed by atoms with E-state index >= 15 is 0 Å².